The summed E-state index contributed by atoms with van der Waals surface area (Å²) in [6.45, 7) is 3.50. The number of nitrogens with zero attached hydrogens (tertiary/aromatic N) is 1. The lowest BCUT2D eigenvalue weighted by Crippen LogP contribution is -2.28. The van der Waals surface area contributed by atoms with E-state index in [1.165, 1.54) is 0 Å². The Morgan fingerprint density at radius 1 is 1.37 bits per heavy atom. The van der Waals surface area contributed by atoms with Crippen molar-refractivity contribution in [2.24, 2.45) is 11.7 Å². The van der Waals surface area contributed by atoms with Gasteiger partial charge in [0.15, 0.2) is 0 Å². The highest BCUT2D eigenvalue weighted by molar-refractivity contribution is 5.88. The monoisotopic (exact) mass is 262 g/mol. The van der Waals surface area contributed by atoms with E-state index in [9.17, 15) is 9.59 Å². The first-order valence-electron chi connectivity index (χ1n) is 6.34. The van der Waals surface area contributed by atoms with Crippen molar-refractivity contribution in [1.82, 2.24) is 4.90 Å². The molecule has 3 N–H and O–H groups in total. The van der Waals surface area contributed by atoms with E-state index in [0.717, 1.165) is 11.1 Å². The SMILES string of the molecule is CC(CN)CC(=O)N1Cc2ccc(C(=O)O)cc2C1. The van der Waals surface area contributed by atoms with Gasteiger partial charge in [-0.15, -0.1) is 0 Å². The van der Waals surface area contributed by atoms with Crippen LogP contribution in [-0.4, -0.2) is 28.4 Å². The molecular weight excluding hydrogens is 244 g/mol. The average molecular weight is 262 g/mol. The highest BCUT2D eigenvalue weighted by Gasteiger charge is 2.24. The van der Waals surface area contributed by atoms with Crippen LogP contribution in [0.25, 0.3) is 0 Å². The molecule has 0 saturated carbocycles. The van der Waals surface area contributed by atoms with Crippen LogP contribution in [0.1, 0.15) is 34.8 Å². The highest BCUT2D eigenvalue weighted by atomic mass is 16.4. The van der Waals surface area contributed by atoms with E-state index in [1.807, 2.05) is 6.92 Å². The maximum absolute atomic E-state index is 12.1. The molecule has 5 nitrogen and oxygen atoms in total. The Labute approximate surface area is 112 Å². The minimum Gasteiger partial charge on any atom is -0.478 e. The van der Waals surface area contributed by atoms with Crippen molar-refractivity contribution in [2.75, 3.05) is 6.54 Å². The molecule has 0 saturated heterocycles. The molecule has 0 aliphatic carbocycles. The minimum atomic E-state index is -0.940. The third-order valence-electron chi connectivity index (χ3n) is 3.45. The van der Waals surface area contributed by atoms with E-state index in [2.05, 4.69) is 0 Å². The molecule has 19 heavy (non-hydrogen) atoms. The number of hydrogen-bond acceptors (Lipinski definition) is 3. The second-order valence-corrected chi connectivity index (χ2v) is 5.08. The van der Waals surface area contributed by atoms with E-state index >= 15 is 0 Å². The van der Waals surface area contributed by atoms with Crippen molar-refractivity contribution < 1.29 is 14.7 Å². The summed E-state index contributed by atoms with van der Waals surface area (Å²) in [4.78, 5) is 24.7. The molecule has 1 amide bonds. The van der Waals surface area contributed by atoms with Crippen LogP contribution in [0.4, 0.5) is 0 Å². The average Bonchev–Trinajstić information content (AvgIpc) is 2.81. The number of carbonyl (C=O) groups is 2. The molecule has 2 rings (SSSR count). The number of benzene rings is 1. The number of hydrogen-bond donors (Lipinski definition) is 2. The van der Waals surface area contributed by atoms with Gasteiger partial charge in [-0.25, -0.2) is 4.79 Å². The Balaban J connectivity index is 2.07. The molecular formula is C14H18N2O3. The molecule has 0 spiro atoms. The lowest BCUT2D eigenvalue weighted by atomic mass is 10.1. The third-order valence-corrected chi connectivity index (χ3v) is 3.45. The first-order valence-corrected chi connectivity index (χ1v) is 6.34. The minimum absolute atomic E-state index is 0.0750. The van der Waals surface area contributed by atoms with Crippen molar-refractivity contribution in [3.63, 3.8) is 0 Å². The largest absolute Gasteiger partial charge is 0.478 e. The van der Waals surface area contributed by atoms with Crippen LogP contribution >= 0.6 is 0 Å². The van der Waals surface area contributed by atoms with E-state index < -0.39 is 5.97 Å². The molecule has 0 radical (unpaired) electrons. The Bertz CT molecular complexity index is 513. The van der Waals surface area contributed by atoms with Crippen molar-refractivity contribution in [2.45, 2.75) is 26.4 Å². The third kappa shape index (κ3) is 2.93. The van der Waals surface area contributed by atoms with E-state index in [0.29, 0.717) is 26.1 Å². The van der Waals surface area contributed by atoms with Gasteiger partial charge in [0.25, 0.3) is 0 Å². The number of carboxylic acid groups (broad SMARTS) is 1. The molecule has 0 bridgehead atoms. The summed E-state index contributed by atoms with van der Waals surface area (Å²) in [5.41, 5.74) is 7.74. The summed E-state index contributed by atoms with van der Waals surface area (Å²) in [5, 5.41) is 8.95. The lowest BCUT2D eigenvalue weighted by Gasteiger charge is -2.17. The van der Waals surface area contributed by atoms with Crippen LogP contribution in [0.2, 0.25) is 0 Å². The van der Waals surface area contributed by atoms with Crippen LogP contribution < -0.4 is 5.73 Å². The maximum atomic E-state index is 12.1. The second-order valence-electron chi connectivity index (χ2n) is 5.08. The zero-order valence-corrected chi connectivity index (χ0v) is 10.9. The van der Waals surface area contributed by atoms with Gasteiger partial charge in [-0.1, -0.05) is 13.0 Å². The van der Waals surface area contributed by atoms with Crippen molar-refractivity contribution in [3.05, 3.63) is 34.9 Å². The number of carboxylic acids is 1. The quantitative estimate of drug-likeness (QED) is 0.854. The Morgan fingerprint density at radius 3 is 2.68 bits per heavy atom. The molecule has 1 aliphatic heterocycles. The fraction of sp³-hybridized carbons (Fsp3) is 0.429. The Morgan fingerprint density at radius 2 is 2.05 bits per heavy atom. The van der Waals surface area contributed by atoms with Crippen LogP contribution in [0.3, 0.4) is 0 Å². The molecule has 102 valence electrons. The van der Waals surface area contributed by atoms with Gasteiger partial charge in [-0.2, -0.15) is 0 Å². The summed E-state index contributed by atoms with van der Waals surface area (Å²) in [7, 11) is 0. The number of rotatable bonds is 4. The summed E-state index contributed by atoms with van der Waals surface area (Å²) in [6.07, 6.45) is 0.441. The molecule has 1 heterocycles. The first kappa shape index (κ1) is 13.5. The lowest BCUT2D eigenvalue weighted by molar-refractivity contribution is -0.132. The normalized spacial score (nSPS) is 15.2. The molecule has 1 unspecified atom stereocenters. The number of carbonyl (C=O) groups excluding carboxylic acids is 1. The van der Waals surface area contributed by atoms with Gasteiger partial charge in [0, 0.05) is 19.5 Å². The number of aromatic carboxylic acids is 1. The number of fused-ring (bicyclic) bond motifs is 1. The van der Waals surface area contributed by atoms with Gasteiger partial charge >= 0.3 is 5.97 Å². The molecule has 1 aliphatic rings. The predicted octanol–water partition coefficient (Wildman–Crippen LogP) is 1.21. The van der Waals surface area contributed by atoms with Crippen LogP contribution in [0.15, 0.2) is 18.2 Å². The molecule has 5 heteroatoms. The van der Waals surface area contributed by atoms with Gasteiger partial charge in [0.1, 0.15) is 0 Å². The van der Waals surface area contributed by atoms with Crippen LogP contribution in [0.5, 0.6) is 0 Å². The fourth-order valence-corrected chi connectivity index (χ4v) is 2.21. The summed E-state index contributed by atoms with van der Waals surface area (Å²) in [6, 6.07) is 5.02. The van der Waals surface area contributed by atoms with Crippen molar-refractivity contribution in [3.8, 4) is 0 Å². The Hall–Kier alpha value is -1.88. The summed E-state index contributed by atoms with van der Waals surface area (Å²) in [5.74, 6) is -0.693. The zero-order chi connectivity index (χ0) is 14.0. The van der Waals surface area contributed by atoms with Crippen LogP contribution in [-0.2, 0) is 17.9 Å². The molecule has 1 atom stereocenters. The number of nitrogens with two attached hydrogens (primary N) is 1. The number of amides is 1. The summed E-state index contributed by atoms with van der Waals surface area (Å²) < 4.78 is 0. The van der Waals surface area contributed by atoms with Crippen LogP contribution in [0, 0.1) is 5.92 Å². The van der Waals surface area contributed by atoms with E-state index in [1.54, 1.807) is 23.1 Å². The first-order chi connectivity index (χ1) is 9.01. The van der Waals surface area contributed by atoms with E-state index in [-0.39, 0.29) is 17.4 Å². The standard InChI is InChI=1S/C14H18N2O3/c1-9(6-15)4-13(17)16-7-11-3-2-10(14(18)19)5-12(11)8-16/h2-3,5,9H,4,6-8,15H2,1H3,(H,18,19). The predicted molar refractivity (Wildman–Crippen MR) is 70.5 cm³/mol. The highest BCUT2D eigenvalue weighted by Crippen LogP contribution is 2.25. The van der Waals surface area contributed by atoms with Gasteiger partial charge in [0.2, 0.25) is 5.91 Å². The molecule has 0 fully saturated rings. The molecule has 1 aromatic carbocycles. The maximum Gasteiger partial charge on any atom is 0.335 e. The molecule has 0 aromatic heterocycles. The topological polar surface area (TPSA) is 83.6 Å². The zero-order valence-electron chi connectivity index (χ0n) is 10.9. The van der Waals surface area contributed by atoms with Gasteiger partial charge in [0.05, 0.1) is 5.56 Å². The van der Waals surface area contributed by atoms with E-state index in [4.69, 9.17) is 10.8 Å². The van der Waals surface area contributed by atoms with Gasteiger partial charge < -0.3 is 15.7 Å². The smallest absolute Gasteiger partial charge is 0.335 e. The second kappa shape index (κ2) is 5.40. The Kier molecular flexibility index (Phi) is 3.85. The molecule has 1 aromatic rings. The fourth-order valence-electron chi connectivity index (χ4n) is 2.21. The summed E-state index contributed by atoms with van der Waals surface area (Å²) >= 11 is 0. The van der Waals surface area contributed by atoms with Crippen molar-refractivity contribution >= 4 is 11.9 Å². The van der Waals surface area contributed by atoms with Gasteiger partial charge in [-0.05, 0) is 35.7 Å². The van der Waals surface area contributed by atoms with Crippen molar-refractivity contribution in [1.29, 1.82) is 0 Å². The van der Waals surface area contributed by atoms with Gasteiger partial charge in [-0.3, -0.25) is 4.79 Å².